The van der Waals surface area contributed by atoms with Crippen molar-refractivity contribution >= 4 is 74.1 Å². The molecule has 136 valence electrons. The van der Waals surface area contributed by atoms with Gasteiger partial charge in [0.15, 0.2) is 10.9 Å². The minimum Gasteiger partial charge on any atom is -0.505 e. The SMILES string of the molecule is COc1ccc(Br)cc1C=CC(=O)NC(=S)Nc1cc(Cl)c(O)c(Cl)c1. The van der Waals surface area contributed by atoms with Crippen molar-refractivity contribution in [3.63, 3.8) is 0 Å². The lowest BCUT2D eigenvalue weighted by Gasteiger charge is -2.10. The smallest absolute Gasteiger partial charge is 0.250 e. The number of benzene rings is 2. The van der Waals surface area contributed by atoms with Crippen LogP contribution in [0.4, 0.5) is 5.69 Å². The lowest BCUT2D eigenvalue weighted by molar-refractivity contribution is -0.115. The van der Waals surface area contributed by atoms with Gasteiger partial charge in [0.2, 0.25) is 5.91 Å². The fourth-order valence-corrected chi connectivity index (χ4v) is 3.04. The lowest BCUT2D eigenvalue weighted by atomic mass is 10.2. The zero-order valence-corrected chi connectivity index (χ0v) is 17.3. The number of thiocarbonyl (C=S) groups is 1. The first kappa shape index (κ1) is 20.5. The van der Waals surface area contributed by atoms with Crippen molar-refractivity contribution in [1.29, 1.82) is 0 Å². The van der Waals surface area contributed by atoms with E-state index in [4.69, 9.17) is 40.2 Å². The minimum absolute atomic E-state index is 0.0543. The molecule has 1 amide bonds. The summed E-state index contributed by atoms with van der Waals surface area (Å²) in [6, 6.07) is 8.31. The summed E-state index contributed by atoms with van der Waals surface area (Å²) in [6.07, 6.45) is 2.94. The number of halogens is 3. The molecular formula is C17H13BrCl2N2O3S. The summed E-state index contributed by atoms with van der Waals surface area (Å²) < 4.78 is 6.10. The van der Waals surface area contributed by atoms with E-state index < -0.39 is 5.91 Å². The van der Waals surface area contributed by atoms with Gasteiger partial charge in [0.25, 0.3) is 0 Å². The Morgan fingerprint density at radius 3 is 2.54 bits per heavy atom. The first-order valence-electron chi connectivity index (χ1n) is 7.11. The van der Waals surface area contributed by atoms with Crippen molar-refractivity contribution in [2.75, 3.05) is 12.4 Å². The second-order valence-electron chi connectivity index (χ2n) is 4.95. The maximum atomic E-state index is 12.0. The van der Waals surface area contributed by atoms with Gasteiger partial charge >= 0.3 is 0 Å². The molecule has 0 aliphatic heterocycles. The molecule has 3 N–H and O–H groups in total. The molecule has 0 spiro atoms. The molecule has 0 atom stereocenters. The molecule has 0 heterocycles. The molecule has 0 aliphatic carbocycles. The molecule has 26 heavy (non-hydrogen) atoms. The third-order valence-electron chi connectivity index (χ3n) is 3.12. The van der Waals surface area contributed by atoms with Gasteiger partial charge in [-0.15, -0.1) is 0 Å². The Bertz CT molecular complexity index is 867. The van der Waals surface area contributed by atoms with Gasteiger partial charge in [-0.3, -0.25) is 10.1 Å². The van der Waals surface area contributed by atoms with Crippen LogP contribution in [0.25, 0.3) is 6.08 Å². The van der Waals surface area contributed by atoms with Crippen LogP contribution in [0.2, 0.25) is 10.0 Å². The standard InChI is InChI=1S/C17H13BrCl2N2O3S/c1-25-14-4-3-10(18)6-9(14)2-5-15(23)22-17(26)21-11-7-12(19)16(24)13(20)8-11/h2-8,24H,1H3,(H2,21,22,23,26). The van der Waals surface area contributed by atoms with E-state index in [-0.39, 0.29) is 20.9 Å². The quantitative estimate of drug-likeness (QED) is 0.330. The van der Waals surface area contributed by atoms with Gasteiger partial charge in [-0.1, -0.05) is 39.1 Å². The summed E-state index contributed by atoms with van der Waals surface area (Å²) in [5.74, 6) is -0.0217. The van der Waals surface area contributed by atoms with E-state index in [9.17, 15) is 9.90 Å². The molecule has 2 aromatic rings. The highest BCUT2D eigenvalue weighted by molar-refractivity contribution is 9.10. The number of carbonyl (C=O) groups is 1. The van der Waals surface area contributed by atoms with Crippen molar-refractivity contribution in [3.8, 4) is 11.5 Å². The number of methoxy groups -OCH3 is 1. The monoisotopic (exact) mass is 474 g/mol. The second kappa shape index (κ2) is 9.23. The molecule has 2 aromatic carbocycles. The molecule has 5 nitrogen and oxygen atoms in total. The predicted molar refractivity (Wildman–Crippen MR) is 112 cm³/mol. The van der Waals surface area contributed by atoms with Crippen LogP contribution in [0.5, 0.6) is 11.5 Å². The third-order valence-corrected chi connectivity index (χ3v) is 4.39. The number of nitrogens with one attached hydrogen (secondary N) is 2. The molecule has 2 rings (SSSR count). The van der Waals surface area contributed by atoms with E-state index in [0.717, 1.165) is 10.0 Å². The summed E-state index contributed by atoms with van der Waals surface area (Å²) >= 11 is 20.1. The van der Waals surface area contributed by atoms with Crippen molar-refractivity contribution < 1.29 is 14.6 Å². The van der Waals surface area contributed by atoms with Crippen molar-refractivity contribution in [3.05, 3.63) is 56.5 Å². The van der Waals surface area contributed by atoms with Crippen LogP contribution in [0.1, 0.15) is 5.56 Å². The van der Waals surface area contributed by atoms with Crippen LogP contribution in [-0.2, 0) is 4.79 Å². The number of amides is 1. The summed E-state index contributed by atoms with van der Waals surface area (Å²) in [7, 11) is 1.55. The van der Waals surface area contributed by atoms with Gasteiger partial charge in [0.05, 0.1) is 17.2 Å². The number of phenols is 1. The highest BCUT2D eigenvalue weighted by Gasteiger charge is 2.09. The Hall–Kier alpha value is -1.80. The van der Waals surface area contributed by atoms with E-state index in [2.05, 4.69) is 26.6 Å². The highest BCUT2D eigenvalue weighted by atomic mass is 79.9. The molecule has 0 unspecified atom stereocenters. The zero-order valence-electron chi connectivity index (χ0n) is 13.3. The fourth-order valence-electron chi connectivity index (χ4n) is 1.95. The molecule has 0 saturated heterocycles. The Morgan fingerprint density at radius 2 is 1.92 bits per heavy atom. The number of hydrogen-bond donors (Lipinski definition) is 3. The van der Waals surface area contributed by atoms with Crippen molar-refractivity contribution in [1.82, 2.24) is 5.32 Å². The maximum absolute atomic E-state index is 12.0. The highest BCUT2D eigenvalue weighted by Crippen LogP contribution is 2.34. The van der Waals surface area contributed by atoms with E-state index >= 15 is 0 Å². The normalized spacial score (nSPS) is 10.6. The maximum Gasteiger partial charge on any atom is 0.250 e. The van der Waals surface area contributed by atoms with Crippen LogP contribution in [-0.4, -0.2) is 23.2 Å². The molecule has 0 radical (unpaired) electrons. The lowest BCUT2D eigenvalue weighted by Crippen LogP contribution is -2.32. The van der Waals surface area contributed by atoms with Crippen LogP contribution in [0, 0.1) is 0 Å². The van der Waals surface area contributed by atoms with Gasteiger partial charge in [-0.2, -0.15) is 0 Å². The van der Waals surface area contributed by atoms with E-state index in [1.54, 1.807) is 19.3 Å². The number of hydrogen-bond acceptors (Lipinski definition) is 4. The number of anilines is 1. The van der Waals surface area contributed by atoms with E-state index in [1.165, 1.54) is 18.2 Å². The topological polar surface area (TPSA) is 70.6 Å². The average molecular weight is 476 g/mol. The molecule has 0 bridgehead atoms. The second-order valence-corrected chi connectivity index (χ2v) is 7.09. The predicted octanol–water partition coefficient (Wildman–Crippen LogP) is 5.00. The number of aromatic hydroxyl groups is 1. The van der Waals surface area contributed by atoms with E-state index in [0.29, 0.717) is 11.4 Å². The number of rotatable bonds is 4. The zero-order chi connectivity index (χ0) is 19.3. The first-order valence-corrected chi connectivity index (χ1v) is 9.07. The van der Waals surface area contributed by atoms with Gasteiger partial charge in [-0.05, 0) is 48.6 Å². The largest absolute Gasteiger partial charge is 0.505 e. The first-order chi connectivity index (χ1) is 12.3. The van der Waals surface area contributed by atoms with Crippen molar-refractivity contribution in [2.45, 2.75) is 0 Å². The molecule has 0 saturated carbocycles. The summed E-state index contributed by atoms with van der Waals surface area (Å²) in [6.45, 7) is 0. The van der Waals surface area contributed by atoms with Gasteiger partial charge in [-0.25, -0.2) is 0 Å². The van der Waals surface area contributed by atoms with Crippen LogP contribution in [0.15, 0.2) is 40.9 Å². The molecule has 9 heteroatoms. The summed E-state index contributed by atoms with van der Waals surface area (Å²) in [4.78, 5) is 12.0. The summed E-state index contributed by atoms with van der Waals surface area (Å²) in [5.41, 5.74) is 1.16. The number of ether oxygens (including phenoxy) is 1. The van der Waals surface area contributed by atoms with Crippen LogP contribution in [0.3, 0.4) is 0 Å². The van der Waals surface area contributed by atoms with Gasteiger partial charge in [0.1, 0.15) is 5.75 Å². The Balaban J connectivity index is 2.01. The average Bonchev–Trinajstić information content (AvgIpc) is 2.57. The Labute approximate surface area is 174 Å². The fraction of sp³-hybridized carbons (Fsp3) is 0.0588. The molecule has 0 fully saturated rings. The Morgan fingerprint density at radius 1 is 1.27 bits per heavy atom. The number of carbonyl (C=O) groups excluding carboxylic acids is 1. The van der Waals surface area contributed by atoms with Crippen molar-refractivity contribution in [2.24, 2.45) is 0 Å². The van der Waals surface area contributed by atoms with E-state index in [1.807, 2.05) is 12.1 Å². The molecule has 0 aliphatic rings. The van der Waals surface area contributed by atoms with Gasteiger partial charge in [0, 0.05) is 21.8 Å². The minimum atomic E-state index is -0.430. The summed E-state index contributed by atoms with van der Waals surface area (Å²) in [5, 5.41) is 15.0. The van der Waals surface area contributed by atoms with Gasteiger partial charge < -0.3 is 15.2 Å². The van der Waals surface area contributed by atoms with Crippen LogP contribution < -0.4 is 15.4 Å². The van der Waals surface area contributed by atoms with Crippen LogP contribution >= 0.6 is 51.3 Å². The Kier molecular flexibility index (Phi) is 7.28. The molecule has 0 aromatic heterocycles. The number of phenolic OH excluding ortho intramolecular Hbond substituents is 1. The molecular weight excluding hydrogens is 463 g/mol. The third kappa shape index (κ3) is 5.60.